The molecule has 0 aromatic rings. The third kappa shape index (κ3) is 15.1. The molecule has 0 aliphatic rings. The Morgan fingerprint density at radius 3 is 1.52 bits per heavy atom. The van der Waals surface area contributed by atoms with E-state index >= 15 is 0 Å². The van der Waals surface area contributed by atoms with Crippen LogP contribution in [0.2, 0.25) is 13.3 Å². The van der Waals surface area contributed by atoms with Crippen LogP contribution in [0.5, 0.6) is 0 Å². The summed E-state index contributed by atoms with van der Waals surface area (Å²) >= 11 is -2.99. The molecule has 0 fully saturated rings. The Hall–Kier alpha value is -0.511. The number of rotatable bonds is 17. The minimum atomic E-state index is -2.99. The summed E-state index contributed by atoms with van der Waals surface area (Å²) in [6, 6.07) is 0. The Balaban J connectivity index is 4.33. The molecular weight excluding hydrogens is 439 g/mol. The quantitative estimate of drug-likeness (QED) is 0.119. The number of unbranched alkanes of at least 4 members (excludes halogenated alkanes) is 8. The molecule has 0 aromatic carbocycles. The molecule has 0 N–H and O–H groups in total. The monoisotopic (exact) mass is 484 g/mol. The van der Waals surface area contributed by atoms with E-state index in [0.717, 1.165) is 26.2 Å². The Labute approximate surface area is 174 Å². The van der Waals surface area contributed by atoms with Gasteiger partial charge in [0.05, 0.1) is 0 Å². The molecule has 0 aliphatic carbocycles. The topological polar surface area (TPSA) is 26.3 Å². The van der Waals surface area contributed by atoms with Gasteiger partial charge >= 0.3 is 167 Å². The first-order chi connectivity index (χ1) is 13.1. The van der Waals surface area contributed by atoms with Gasteiger partial charge in [0.1, 0.15) is 0 Å². The predicted octanol–water partition coefficient (Wildman–Crippen LogP) is 8.12. The van der Waals surface area contributed by atoms with Crippen molar-refractivity contribution < 1.29 is 7.87 Å². The first-order valence-corrected chi connectivity index (χ1v) is 18.4. The Kier molecular flexibility index (Phi) is 18.5. The molecule has 156 valence electrons. The fourth-order valence-electron chi connectivity index (χ4n) is 3.25. The van der Waals surface area contributed by atoms with Crippen molar-refractivity contribution >= 4 is 24.8 Å². The van der Waals surface area contributed by atoms with E-state index in [4.69, 9.17) is 3.07 Å². The number of hydrogen-bond donors (Lipinski definition) is 0. The van der Waals surface area contributed by atoms with Crippen molar-refractivity contribution in [1.29, 1.82) is 0 Å². The summed E-state index contributed by atoms with van der Waals surface area (Å²) in [4.78, 5) is 12.5. The zero-order valence-corrected chi connectivity index (χ0v) is 21.3. The van der Waals surface area contributed by atoms with Crippen LogP contribution in [0.1, 0.15) is 91.9 Å². The van der Waals surface area contributed by atoms with Crippen LogP contribution in [0.15, 0.2) is 36.5 Å². The minimum Gasteiger partial charge on any atom is -0.0654 e. The van der Waals surface area contributed by atoms with E-state index in [1.807, 2.05) is 20.8 Å². The normalized spacial score (nSPS) is 14.4. The molecular formula is C24H44O2Sn. The predicted molar refractivity (Wildman–Crippen MR) is 123 cm³/mol. The van der Waals surface area contributed by atoms with Crippen molar-refractivity contribution in [2.75, 3.05) is 0 Å². The third-order valence-corrected chi connectivity index (χ3v) is 15.3. The van der Waals surface area contributed by atoms with Crippen LogP contribution in [0, 0.1) is 0 Å². The fourth-order valence-corrected chi connectivity index (χ4v) is 12.8. The van der Waals surface area contributed by atoms with E-state index in [1.165, 1.54) is 44.9 Å². The summed E-state index contributed by atoms with van der Waals surface area (Å²) in [5.74, 6) is 0.0484. The third-order valence-electron chi connectivity index (χ3n) is 4.99. The summed E-state index contributed by atoms with van der Waals surface area (Å²) in [5.41, 5.74) is 0. The molecule has 0 unspecified atom stereocenters. The summed E-state index contributed by atoms with van der Waals surface area (Å²) in [5, 5.41) is 0. The molecule has 0 rings (SSSR count). The standard InChI is InChI=1S/C12H24O2.3C4H7.Sn/c1-2-3-4-5-6-7-8-9-10-11-12(13)14;3*1-3-4-2;/h2-11H2,1H3,(H,13,14);3*3-4H,1H2,2H3;/q;;;;+1/p-1. The molecule has 0 amide bonds. The van der Waals surface area contributed by atoms with Crippen LogP contribution < -0.4 is 0 Å². The van der Waals surface area contributed by atoms with Crippen molar-refractivity contribution in [2.45, 2.75) is 105 Å². The average Bonchev–Trinajstić information content (AvgIpc) is 2.67. The van der Waals surface area contributed by atoms with E-state index in [9.17, 15) is 4.79 Å². The molecule has 0 radical (unpaired) electrons. The second-order valence-corrected chi connectivity index (χ2v) is 18.4. The molecule has 27 heavy (non-hydrogen) atoms. The van der Waals surface area contributed by atoms with Crippen LogP contribution in [-0.4, -0.2) is 24.8 Å². The molecule has 0 heterocycles. The fraction of sp³-hybridized carbons (Fsp3) is 0.708. The molecule has 0 spiro atoms. The molecule has 0 aliphatic heterocycles. The van der Waals surface area contributed by atoms with Gasteiger partial charge in [-0.2, -0.15) is 0 Å². The molecule has 0 saturated heterocycles. The zero-order valence-electron chi connectivity index (χ0n) is 18.5. The van der Waals surface area contributed by atoms with E-state index in [2.05, 4.69) is 43.4 Å². The van der Waals surface area contributed by atoms with E-state index in [1.54, 1.807) is 0 Å². The van der Waals surface area contributed by atoms with Crippen LogP contribution in [-0.2, 0) is 7.87 Å². The number of allylic oxidation sites excluding steroid dienone is 6. The van der Waals surface area contributed by atoms with Gasteiger partial charge in [-0.25, -0.2) is 0 Å². The second kappa shape index (κ2) is 18.8. The number of carbonyl (C=O) groups excluding carboxylic acids is 1. The average molecular weight is 483 g/mol. The van der Waals surface area contributed by atoms with Gasteiger partial charge in [-0.3, -0.25) is 0 Å². The summed E-state index contributed by atoms with van der Waals surface area (Å²) in [6.45, 7) is 8.40. The van der Waals surface area contributed by atoms with Crippen LogP contribution in [0.4, 0.5) is 0 Å². The summed E-state index contributed by atoms with van der Waals surface area (Å²) < 4.78 is 9.16. The van der Waals surface area contributed by atoms with Crippen molar-refractivity contribution in [1.82, 2.24) is 0 Å². The van der Waals surface area contributed by atoms with Crippen molar-refractivity contribution in [3.63, 3.8) is 0 Å². The first-order valence-electron chi connectivity index (χ1n) is 11.2. The molecule has 0 atom stereocenters. The molecule has 0 aromatic heterocycles. The van der Waals surface area contributed by atoms with Crippen molar-refractivity contribution in [3.05, 3.63) is 36.5 Å². The van der Waals surface area contributed by atoms with Gasteiger partial charge in [-0.15, -0.1) is 0 Å². The number of carbonyl (C=O) groups is 1. The Bertz CT molecular complexity index is 402. The van der Waals surface area contributed by atoms with Crippen molar-refractivity contribution in [3.8, 4) is 0 Å². The number of hydrogen-bond acceptors (Lipinski definition) is 2. The van der Waals surface area contributed by atoms with Gasteiger partial charge in [0, 0.05) is 0 Å². The van der Waals surface area contributed by atoms with Gasteiger partial charge in [-0.1, -0.05) is 6.92 Å². The maximum atomic E-state index is 12.5. The van der Waals surface area contributed by atoms with E-state index in [-0.39, 0.29) is 5.97 Å². The van der Waals surface area contributed by atoms with Gasteiger partial charge in [0.15, 0.2) is 0 Å². The summed E-state index contributed by atoms with van der Waals surface area (Å²) in [7, 11) is 0. The van der Waals surface area contributed by atoms with Gasteiger partial charge in [-0.05, 0) is 0 Å². The minimum absolute atomic E-state index is 0.0484. The Morgan fingerprint density at radius 2 is 1.11 bits per heavy atom. The van der Waals surface area contributed by atoms with Crippen LogP contribution >= 0.6 is 0 Å². The van der Waals surface area contributed by atoms with Crippen LogP contribution in [0.3, 0.4) is 0 Å². The van der Waals surface area contributed by atoms with Crippen molar-refractivity contribution in [2.24, 2.45) is 0 Å². The smallest absolute Gasteiger partial charge is 0.0654 e. The van der Waals surface area contributed by atoms with Gasteiger partial charge < -0.3 is 0 Å². The van der Waals surface area contributed by atoms with Gasteiger partial charge in [0.2, 0.25) is 0 Å². The maximum absolute atomic E-state index is 12.5. The first kappa shape index (κ1) is 26.5. The van der Waals surface area contributed by atoms with Gasteiger partial charge in [0.25, 0.3) is 0 Å². The van der Waals surface area contributed by atoms with Crippen LogP contribution in [0.25, 0.3) is 0 Å². The van der Waals surface area contributed by atoms with E-state index < -0.39 is 18.8 Å². The molecule has 0 bridgehead atoms. The molecule has 2 nitrogen and oxygen atoms in total. The second-order valence-electron chi connectivity index (χ2n) is 7.55. The zero-order chi connectivity index (χ0) is 20.2. The van der Waals surface area contributed by atoms with E-state index in [0.29, 0.717) is 6.42 Å². The summed E-state index contributed by atoms with van der Waals surface area (Å²) in [6.07, 6.45) is 24.9. The Morgan fingerprint density at radius 1 is 0.704 bits per heavy atom. The molecule has 0 saturated carbocycles. The molecule has 3 heteroatoms. The SMILES string of the molecule is CC=C[CH2][Sn]([CH2]C=CC)([CH2]C=CC)[O]C(=O)CCCCCCCCCCC.